The lowest BCUT2D eigenvalue weighted by Crippen LogP contribution is -2.26. The van der Waals surface area contributed by atoms with E-state index in [0.29, 0.717) is 25.8 Å². The Hall–Kier alpha value is -1.10. The summed E-state index contributed by atoms with van der Waals surface area (Å²) in [7, 11) is 0. The molecule has 5 nitrogen and oxygen atoms in total. The fourth-order valence-corrected chi connectivity index (χ4v) is 1.25. The molecule has 4 N–H and O–H groups in total. The number of aliphatic carboxylic acids is 1. The molecular formula is C11H22N2O3. The normalized spacial score (nSPS) is 12.1. The zero-order valence-corrected chi connectivity index (χ0v) is 9.87. The van der Waals surface area contributed by atoms with Crippen molar-refractivity contribution in [2.24, 2.45) is 5.73 Å². The molecule has 16 heavy (non-hydrogen) atoms. The first kappa shape index (κ1) is 14.9. The highest BCUT2D eigenvalue weighted by Crippen LogP contribution is 1.99. The minimum absolute atomic E-state index is 0.0236. The van der Waals surface area contributed by atoms with Gasteiger partial charge in [0.05, 0.1) is 0 Å². The summed E-state index contributed by atoms with van der Waals surface area (Å²) in [6.07, 6.45) is 3.71. The molecule has 0 aliphatic heterocycles. The van der Waals surface area contributed by atoms with Crippen LogP contribution in [0, 0.1) is 0 Å². The zero-order chi connectivity index (χ0) is 12.4. The Balaban J connectivity index is 3.24. The van der Waals surface area contributed by atoms with E-state index < -0.39 is 5.97 Å². The number of nitrogens with one attached hydrogen (secondary N) is 1. The number of carboxylic acid groups (broad SMARTS) is 1. The molecule has 1 unspecified atom stereocenters. The van der Waals surface area contributed by atoms with E-state index in [1.54, 1.807) is 0 Å². The molecule has 0 saturated heterocycles. The van der Waals surface area contributed by atoms with Crippen LogP contribution in [0.4, 0.5) is 0 Å². The molecule has 1 amide bonds. The molecule has 0 aliphatic carbocycles. The molecule has 0 aliphatic rings. The van der Waals surface area contributed by atoms with Crippen molar-refractivity contribution in [1.82, 2.24) is 5.32 Å². The van der Waals surface area contributed by atoms with Crippen LogP contribution in [0.1, 0.15) is 45.4 Å². The minimum Gasteiger partial charge on any atom is -0.481 e. The fraction of sp³-hybridized carbons (Fsp3) is 0.818. The number of hydrogen-bond donors (Lipinski definition) is 3. The Kier molecular flexibility index (Phi) is 8.52. The van der Waals surface area contributed by atoms with E-state index in [1.165, 1.54) is 0 Å². The smallest absolute Gasteiger partial charge is 0.303 e. The standard InChI is InChI=1S/C11H22N2O3/c1-9(12)6-7-10(14)13-8-4-2-3-5-11(15)16/h9H,2-8,12H2,1H3,(H,13,14)(H,15,16). The predicted octanol–water partition coefficient (Wildman–Crippen LogP) is 0.875. The van der Waals surface area contributed by atoms with E-state index in [2.05, 4.69) is 5.32 Å². The van der Waals surface area contributed by atoms with Crippen molar-refractivity contribution in [3.8, 4) is 0 Å². The van der Waals surface area contributed by atoms with E-state index in [0.717, 1.165) is 12.8 Å². The van der Waals surface area contributed by atoms with E-state index in [-0.39, 0.29) is 18.4 Å². The van der Waals surface area contributed by atoms with Gasteiger partial charge in [0.15, 0.2) is 0 Å². The van der Waals surface area contributed by atoms with Crippen LogP contribution in [0.3, 0.4) is 0 Å². The van der Waals surface area contributed by atoms with Gasteiger partial charge in [-0.25, -0.2) is 0 Å². The Labute approximate surface area is 96.4 Å². The summed E-state index contributed by atoms with van der Waals surface area (Å²) in [4.78, 5) is 21.4. The average molecular weight is 230 g/mol. The van der Waals surface area contributed by atoms with E-state index >= 15 is 0 Å². The second kappa shape index (κ2) is 9.15. The van der Waals surface area contributed by atoms with Gasteiger partial charge in [0, 0.05) is 25.4 Å². The molecule has 0 bridgehead atoms. The highest BCUT2D eigenvalue weighted by Gasteiger charge is 2.02. The zero-order valence-electron chi connectivity index (χ0n) is 9.87. The van der Waals surface area contributed by atoms with Crippen molar-refractivity contribution in [1.29, 1.82) is 0 Å². The predicted molar refractivity (Wildman–Crippen MR) is 62.0 cm³/mol. The molecule has 0 heterocycles. The summed E-state index contributed by atoms with van der Waals surface area (Å²) in [5.41, 5.74) is 5.53. The topological polar surface area (TPSA) is 92.4 Å². The van der Waals surface area contributed by atoms with E-state index in [1.807, 2.05) is 6.92 Å². The van der Waals surface area contributed by atoms with Crippen molar-refractivity contribution < 1.29 is 14.7 Å². The maximum absolute atomic E-state index is 11.2. The van der Waals surface area contributed by atoms with E-state index in [9.17, 15) is 9.59 Å². The summed E-state index contributed by atoms with van der Waals surface area (Å²) in [5, 5.41) is 11.2. The van der Waals surface area contributed by atoms with Crippen LogP contribution in [0.5, 0.6) is 0 Å². The van der Waals surface area contributed by atoms with Gasteiger partial charge in [-0.1, -0.05) is 6.42 Å². The van der Waals surface area contributed by atoms with Crippen molar-refractivity contribution in [3.63, 3.8) is 0 Å². The lowest BCUT2D eigenvalue weighted by Gasteiger charge is -2.06. The van der Waals surface area contributed by atoms with Gasteiger partial charge in [0.2, 0.25) is 5.91 Å². The number of hydrogen-bond acceptors (Lipinski definition) is 3. The molecular weight excluding hydrogens is 208 g/mol. The SMILES string of the molecule is CC(N)CCC(=O)NCCCCCC(=O)O. The van der Waals surface area contributed by atoms with Gasteiger partial charge < -0.3 is 16.2 Å². The Morgan fingerprint density at radius 1 is 1.25 bits per heavy atom. The van der Waals surface area contributed by atoms with Gasteiger partial charge in [0.1, 0.15) is 0 Å². The van der Waals surface area contributed by atoms with Crippen molar-refractivity contribution in [3.05, 3.63) is 0 Å². The second-order valence-corrected chi connectivity index (χ2v) is 4.07. The molecule has 0 spiro atoms. The van der Waals surface area contributed by atoms with Gasteiger partial charge >= 0.3 is 5.97 Å². The quantitative estimate of drug-likeness (QED) is 0.512. The Bertz CT molecular complexity index is 217. The molecule has 0 aromatic carbocycles. The summed E-state index contributed by atoms with van der Waals surface area (Å²) < 4.78 is 0. The largest absolute Gasteiger partial charge is 0.481 e. The number of carbonyl (C=O) groups is 2. The van der Waals surface area contributed by atoms with Crippen LogP contribution in [0.25, 0.3) is 0 Å². The summed E-state index contributed by atoms with van der Waals surface area (Å²) in [6.45, 7) is 2.50. The van der Waals surface area contributed by atoms with Crippen molar-refractivity contribution >= 4 is 11.9 Å². The second-order valence-electron chi connectivity index (χ2n) is 4.07. The lowest BCUT2D eigenvalue weighted by molar-refractivity contribution is -0.137. The molecule has 0 aromatic heterocycles. The van der Waals surface area contributed by atoms with Gasteiger partial charge in [-0.2, -0.15) is 0 Å². The number of carbonyl (C=O) groups excluding carboxylic acids is 1. The minimum atomic E-state index is -0.763. The molecule has 0 radical (unpaired) electrons. The number of amides is 1. The first-order chi connectivity index (χ1) is 7.52. The first-order valence-corrected chi connectivity index (χ1v) is 5.76. The maximum atomic E-state index is 11.2. The van der Waals surface area contributed by atoms with Crippen molar-refractivity contribution in [2.75, 3.05) is 6.54 Å². The highest BCUT2D eigenvalue weighted by atomic mass is 16.4. The Morgan fingerprint density at radius 2 is 1.94 bits per heavy atom. The summed E-state index contributed by atoms with van der Waals surface area (Å²) in [6, 6.07) is 0.0568. The summed E-state index contributed by atoms with van der Waals surface area (Å²) >= 11 is 0. The number of unbranched alkanes of at least 4 members (excludes halogenated alkanes) is 2. The van der Waals surface area contributed by atoms with Crippen molar-refractivity contribution in [2.45, 2.75) is 51.5 Å². The number of nitrogens with two attached hydrogens (primary N) is 1. The molecule has 94 valence electrons. The third-order valence-electron chi connectivity index (χ3n) is 2.22. The van der Waals surface area contributed by atoms with Crippen LogP contribution < -0.4 is 11.1 Å². The van der Waals surface area contributed by atoms with Gasteiger partial charge in [0.25, 0.3) is 0 Å². The molecule has 5 heteroatoms. The molecule has 1 atom stereocenters. The van der Waals surface area contributed by atoms with Gasteiger partial charge in [-0.3, -0.25) is 9.59 Å². The maximum Gasteiger partial charge on any atom is 0.303 e. The summed E-state index contributed by atoms with van der Waals surface area (Å²) in [5.74, 6) is -0.739. The van der Waals surface area contributed by atoms with Crippen LogP contribution in [-0.4, -0.2) is 29.6 Å². The molecule has 0 saturated carbocycles. The first-order valence-electron chi connectivity index (χ1n) is 5.76. The van der Waals surface area contributed by atoms with Crippen LogP contribution in [0.15, 0.2) is 0 Å². The molecule has 0 fully saturated rings. The van der Waals surface area contributed by atoms with Crippen LogP contribution >= 0.6 is 0 Å². The number of carboxylic acids is 1. The molecule has 0 rings (SSSR count). The third kappa shape index (κ3) is 11.0. The van der Waals surface area contributed by atoms with Crippen LogP contribution in [-0.2, 0) is 9.59 Å². The lowest BCUT2D eigenvalue weighted by atomic mass is 10.2. The van der Waals surface area contributed by atoms with Gasteiger partial charge in [-0.05, 0) is 26.2 Å². The van der Waals surface area contributed by atoms with Gasteiger partial charge in [-0.15, -0.1) is 0 Å². The molecule has 0 aromatic rings. The monoisotopic (exact) mass is 230 g/mol. The number of rotatable bonds is 9. The average Bonchev–Trinajstić information content (AvgIpc) is 2.19. The third-order valence-corrected chi connectivity index (χ3v) is 2.22. The van der Waals surface area contributed by atoms with Crippen LogP contribution in [0.2, 0.25) is 0 Å². The van der Waals surface area contributed by atoms with E-state index in [4.69, 9.17) is 10.8 Å². The highest BCUT2D eigenvalue weighted by molar-refractivity contribution is 5.75. The Morgan fingerprint density at radius 3 is 2.50 bits per heavy atom. The fourth-order valence-electron chi connectivity index (χ4n) is 1.25.